The minimum atomic E-state index is -0.105. The molecule has 0 fully saturated rings. The summed E-state index contributed by atoms with van der Waals surface area (Å²) in [5.74, 6) is 0.237. The number of benzene rings is 2. The lowest BCUT2D eigenvalue weighted by molar-refractivity contribution is -0.120. The van der Waals surface area contributed by atoms with Gasteiger partial charge in [0, 0.05) is 25.1 Å². The highest BCUT2D eigenvalue weighted by atomic mass is 16.2. The van der Waals surface area contributed by atoms with Crippen molar-refractivity contribution in [3.8, 4) is 0 Å². The normalized spacial score (nSPS) is 11.6. The quantitative estimate of drug-likeness (QED) is 0.819. The second-order valence-corrected chi connectivity index (χ2v) is 5.87. The maximum Gasteiger partial charge on any atom is 0.224 e. The van der Waals surface area contributed by atoms with Crippen molar-refractivity contribution in [1.29, 1.82) is 0 Å². The van der Waals surface area contributed by atoms with Crippen LogP contribution >= 0.6 is 0 Å². The first-order valence-electron chi connectivity index (χ1n) is 8.26. The molecule has 2 rings (SSSR count). The molecule has 24 heavy (non-hydrogen) atoms. The second kappa shape index (κ2) is 8.87. The van der Waals surface area contributed by atoms with Gasteiger partial charge < -0.3 is 10.6 Å². The number of hydrogen-bond acceptors (Lipinski definition) is 2. The molecule has 0 aliphatic carbocycles. The molecule has 1 unspecified atom stereocenters. The zero-order chi connectivity index (χ0) is 17.4. The van der Waals surface area contributed by atoms with Crippen molar-refractivity contribution >= 4 is 17.5 Å². The Morgan fingerprint density at radius 2 is 1.67 bits per heavy atom. The van der Waals surface area contributed by atoms with Gasteiger partial charge in [-0.15, -0.1) is 0 Å². The Bertz CT molecular complexity index is 666. The van der Waals surface area contributed by atoms with E-state index in [9.17, 15) is 9.59 Å². The highest BCUT2D eigenvalue weighted by Crippen LogP contribution is 2.18. The Labute approximate surface area is 143 Å². The number of rotatable bonds is 7. The fourth-order valence-corrected chi connectivity index (χ4v) is 2.62. The van der Waals surface area contributed by atoms with Crippen molar-refractivity contribution in [3.05, 3.63) is 65.7 Å². The topological polar surface area (TPSA) is 58.2 Å². The van der Waals surface area contributed by atoms with Crippen molar-refractivity contribution in [2.24, 2.45) is 0 Å². The lowest BCUT2D eigenvalue weighted by Crippen LogP contribution is -2.29. The van der Waals surface area contributed by atoms with E-state index in [-0.39, 0.29) is 11.8 Å². The molecule has 0 aliphatic heterocycles. The van der Waals surface area contributed by atoms with Crippen LogP contribution in [-0.4, -0.2) is 18.4 Å². The lowest BCUT2D eigenvalue weighted by atomic mass is 9.96. The first-order chi connectivity index (χ1) is 11.6. The van der Waals surface area contributed by atoms with E-state index >= 15 is 0 Å². The summed E-state index contributed by atoms with van der Waals surface area (Å²) in [5, 5.41) is 5.73. The van der Waals surface area contributed by atoms with Gasteiger partial charge >= 0.3 is 0 Å². The van der Waals surface area contributed by atoms with Crippen LogP contribution in [0.2, 0.25) is 0 Å². The molecule has 2 N–H and O–H groups in total. The highest BCUT2D eigenvalue weighted by molar-refractivity contribution is 5.88. The minimum absolute atomic E-state index is 0.0108. The molecule has 0 aliphatic rings. The molecular formula is C20H24N2O2. The molecule has 0 spiro atoms. The van der Waals surface area contributed by atoms with Gasteiger partial charge in [-0.25, -0.2) is 0 Å². The first kappa shape index (κ1) is 17.7. The van der Waals surface area contributed by atoms with E-state index in [1.807, 2.05) is 42.5 Å². The molecule has 2 aromatic rings. The SMILES string of the molecule is CCC(CNC(=O)Cc1ccc(NC(C)=O)cc1)c1ccccc1. The van der Waals surface area contributed by atoms with Crippen LogP contribution in [0.4, 0.5) is 5.69 Å². The number of carbonyl (C=O) groups excluding carboxylic acids is 2. The predicted molar refractivity (Wildman–Crippen MR) is 96.9 cm³/mol. The van der Waals surface area contributed by atoms with Gasteiger partial charge in [-0.2, -0.15) is 0 Å². The van der Waals surface area contributed by atoms with Gasteiger partial charge in [0.05, 0.1) is 6.42 Å². The summed E-state index contributed by atoms with van der Waals surface area (Å²) in [5.41, 5.74) is 2.91. The fraction of sp³-hybridized carbons (Fsp3) is 0.300. The van der Waals surface area contributed by atoms with Crippen molar-refractivity contribution in [1.82, 2.24) is 5.32 Å². The third kappa shape index (κ3) is 5.54. The monoisotopic (exact) mass is 324 g/mol. The average molecular weight is 324 g/mol. The largest absolute Gasteiger partial charge is 0.355 e. The third-order valence-corrected chi connectivity index (χ3v) is 3.95. The molecule has 0 bridgehead atoms. The van der Waals surface area contributed by atoms with Crippen LogP contribution in [0.25, 0.3) is 0 Å². The zero-order valence-corrected chi connectivity index (χ0v) is 14.2. The Morgan fingerprint density at radius 1 is 1.00 bits per heavy atom. The van der Waals surface area contributed by atoms with Crippen LogP contribution in [0.15, 0.2) is 54.6 Å². The molecule has 0 heterocycles. The molecule has 4 nitrogen and oxygen atoms in total. The van der Waals surface area contributed by atoms with Gasteiger partial charge in [0.25, 0.3) is 0 Å². The number of amides is 2. The molecule has 0 saturated carbocycles. The molecule has 2 aromatic carbocycles. The highest BCUT2D eigenvalue weighted by Gasteiger charge is 2.11. The number of nitrogens with one attached hydrogen (secondary N) is 2. The summed E-state index contributed by atoms with van der Waals surface area (Å²) in [6, 6.07) is 17.6. The smallest absolute Gasteiger partial charge is 0.224 e. The molecule has 0 aromatic heterocycles. The maximum absolute atomic E-state index is 12.1. The maximum atomic E-state index is 12.1. The van der Waals surface area contributed by atoms with Gasteiger partial charge in [0.2, 0.25) is 11.8 Å². The molecule has 1 atom stereocenters. The van der Waals surface area contributed by atoms with Crippen LogP contribution in [0.3, 0.4) is 0 Å². The number of hydrogen-bond donors (Lipinski definition) is 2. The summed E-state index contributed by atoms with van der Waals surface area (Å²) >= 11 is 0. The van der Waals surface area contributed by atoms with Crippen molar-refractivity contribution in [3.63, 3.8) is 0 Å². The molecule has 0 radical (unpaired) electrons. The van der Waals surface area contributed by atoms with E-state index in [2.05, 4.69) is 29.7 Å². The number of anilines is 1. The standard InChI is InChI=1S/C20H24N2O2/c1-3-17(18-7-5-4-6-8-18)14-21-20(24)13-16-9-11-19(12-10-16)22-15(2)23/h4-12,17H,3,13-14H2,1-2H3,(H,21,24)(H,22,23). The molecular weight excluding hydrogens is 300 g/mol. The van der Waals surface area contributed by atoms with Gasteiger partial charge in [0.15, 0.2) is 0 Å². The van der Waals surface area contributed by atoms with Crippen LogP contribution in [-0.2, 0) is 16.0 Å². The third-order valence-electron chi connectivity index (χ3n) is 3.95. The van der Waals surface area contributed by atoms with Gasteiger partial charge in [-0.05, 0) is 29.7 Å². The fourth-order valence-electron chi connectivity index (χ4n) is 2.62. The van der Waals surface area contributed by atoms with Gasteiger partial charge in [0.1, 0.15) is 0 Å². The van der Waals surface area contributed by atoms with Crippen molar-refractivity contribution in [2.45, 2.75) is 32.6 Å². The minimum Gasteiger partial charge on any atom is -0.355 e. The van der Waals surface area contributed by atoms with E-state index in [1.165, 1.54) is 12.5 Å². The second-order valence-electron chi connectivity index (χ2n) is 5.87. The van der Waals surface area contributed by atoms with E-state index in [1.54, 1.807) is 0 Å². The van der Waals surface area contributed by atoms with E-state index in [0.717, 1.165) is 17.7 Å². The summed E-state index contributed by atoms with van der Waals surface area (Å²) in [4.78, 5) is 23.1. The first-order valence-corrected chi connectivity index (χ1v) is 8.26. The Balaban J connectivity index is 1.85. The lowest BCUT2D eigenvalue weighted by Gasteiger charge is -2.16. The van der Waals surface area contributed by atoms with E-state index in [0.29, 0.717) is 18.9 Å². The molecule has 4 heteroatoms. The van der Waals surface area contributed by atoms with Gasteiger partial charge in [-0.3, -0.25) is 9.59 Å². The van der Waals surface area contributed by atoms with Gasteiger partial charge in [-0.1, -0.05) is 49.4 Å². The summed E-state index contributed by atoms with van der Waals surface area (Å²) in [7, 11) is 0. The molecule has 2 amide bonds. The summed E-state index contributed by atoms with van der Waals surface area (Å²) in [6.07, 6.45) is 1.32. The Kier molecular flexibility index (Phi) is 6.55. The summed E-state index contributed by atoms with van der Waals surface area (Å²) < 4.78 is 0. The predicted octanol–water partition coefficient (Wildman–Crippen LogP) is 3.50. The average Bonchev–Trinajstić information content (AvgIpc) is 2.58. The zero-order valence-electron chi connectivity index (χ0n) is 14.2. The van der Waals surface area contributed by atoms with E-state index in [4.69, 9.17) is 0 Å². The van der Waals surface area contributed by atoms with E-state index < -0.39 is 0 Å². The van der Waals surface area contributed by atoms with Crippen LogP contribution in [0.1, 0.15) is 37.3 Å². The van der Waals surface area contributed by atoms with Crippen LogP contribution < -0.4 is 10.6 Å². The number of carbonyl (C=O) groups is 2. The Hall–Kier alpha value is -2.62. The summed E-state index contributed by atoms with van der Waals surface area (Å²) in [6.45, 7) is 4.24. The Morgan fingerprint density at radius 3 is 2.25 bits per heavy atom. The van der Waals surface area contributed by atoms with Crippen LogP contribution in [0.5, 0.6) is 0 Å². The molecule has 126 valence electrons. The van der Waals surface area contributed by atoms with Crippen LogP contribution in [0, 0.1) is 0 Å². The van der Waals surface area contributed by atoms with Crippen molar-refractivity contribution in [2.75, 3.05) is 11.9 Å². The molecule has 0 saturated heterocycles. The van der Waals surface area contributed by atoms with Crippen molar-refractivity contribution < 1.29 is 9.59 Å².